The van der Waals surface area contributed by atoms with Gasteiger partial charge < -0.3 is 0 Å². The monoisotopic (exact) mass is 173 g/mol. The van der Waals surface area contributed by atoms with Crippen molar-refractivity contribution in [1.82, 2.24) is 4.98 Å². The van der Waals surface area contributed by atoms with E-state index in [-0.39, 0.29) is 0 Å². The van der Waals surface area contributed by atoms with Gasteiger partial charge in [-0.05, 0) is 12.1 Å². The van der Waals surface area contributed by atoms with Crippen LogP contribution in [0, 0.1) is 0 Å². The van der Waals surface area contributed by atoms with Crippen LogP contribution >= 0.6 is 25.3 Å². The second-order valence-electron chi connectivity index (χ2n) is 1.31. The van der Waals surface area contributed by atoms with Gasteiger partial charge in [-0.25, -0.2) is 0 Å². The maximum Gasteiger partial charge on any atom is 0.239 e. The first kappa shape index (κ1) is 9.52. The number of carbonyl (C=O) groups excluding carboxylic acids is 1. The molecule has 1 heterocycles. The molecular weight excluding hydrogens is 166 g/mol. The van der Waals surface area contributed by atoms with Crippen molar-refractivity contribution < 1.29 is 4.79 Å². The van der Waals surface area contributed by atoms with Crippen molar-refractivity contribution in [2.45, 2.75) is 0 Å². The standard InChI is InChI=1S/C5H5N.CH2OS2/c1-2-4-6-5-3-1;2-1(3)4/h1-5H;(H2,2,3,4). The zero-order chi connectivity index (χ0) is 7.82. The highest BCUT2D eigenvalue weighted by Crippen LogP contribution is 1.82. The first-order valence-corrected chi connectivity index (χ1v) is 3.40. The number of carbonyl (C=O) groups is 1. The van der Waals surface area contributed by atoms with Crippen molar-refractivity contribution in [3.8, 4) is 0 Å². The Balaban J connectivity index is 0.000000180. The van der Waals surface area contributed by atoms with Gasteiger partial charge in [-0.2, -0.15) is 0 Å². The van der Waals surface area contributed by atoms with Gasteiger partial charge in [0.15, 0.2) is 0 Å². The summed E-state index contributed by atoms with van der Waals surface area (Å²) in [6.45, 7) is 0. The van der Waals surface area contributed by atoms with Crippen molar-refractivity contribution in [2.24, 2.45) is 0 Å². The predicted octanol–water partition coefficient (Wildman–Crippen LogP) is 2.05. The van der Waals surface area contributed by atoms with E-state index in [1.807, 2.05) is 18.2 Å². The Bertz CT molecular complexity index is 148. The zero-order valence-corrected chi connectivity index (χ0v) is 6.93. The van der Waals surface area contributed by atoms with E-state index in [2.05, 4.69) is 30.2 Å². The summed E-state index contributed by atoms with van der Waals surface area (Å²) in [5.74, 6) is 0. The van der Waals surface area contributed by atoms with E-state index in [9.17, 15) is 4.79 Å². The van der Waals surface area contributed by atoms with Crippen LogP contribution < -0.4 is 0 Å². The second kappa shape index (κ2) is 6.64. The highest BCUT2D eigenvalue weighted by molar-refractivity contribution is 8.23. The van der Waals surface area contributed by atoms with Gasteiger partial charge in [0.05, 0.1) is 0 Å². The van der Waals surface area contributed by atoms with E-state index in [0.717, 1.165) is 0 Å². The summed E-state index contributed by atoms with van der Waals surface area (Å²) in [7, 11) is 0. The van der Waals surface area contributed by atoms with Crippen LogP contribution in [0.4, 0.5) is 4.79 Å². The minimum absolute atomic E-state index is 0.444. The van der Waals surface area contributed by atoms with Crippen LogP contribution in [0.5, 0.6) is 0 Å². The molecule has 4 heteroatoms. The molecule has 1 aromatic heterocycles. The lowest BCUT2D eigenvalue weighted by Gasteiger charge is -1.70. The molecule has 0 amide bonds. The number of hydrogen-bond acceptors (Lipinski definition) is 2. The molecule has 0 spiro atoms. The normalized spacial score (nSPS) is 7.40. The Kier molecular flexibility index (Phi) is 6.32. The van der Waals surface area contributed by atoms with Gasteiger partial charge in [0.1, 0.15) is 0 Å². The molecule has 0 saturated heterocycles. The van der Waals surface area contributed by atoms with Gasteiger partial charge in [-0.3, -0.25) is 9.78 Å². The molecule has 0 radical (unpaired) electrons. The molecule has 1 aromatic rings. The molecule has 1 rings (SSSR count). The Morgan fingerprint density at radius 1 is 1.10 bits per heavy atom. The highest BCUT2D eigenvalue weighted by atomic mass is 32.2. The number of nitrogens with zero attached hydrogens (tertiary/aromatic N) is 1. The van der Waals surface area contributed by atoms with Gasteiger partial charge in [-0.1, -0.05) is 31.3 Å². The molecular formula is C6H7NOS2. The molecule has 0 unspecified atom stereocenters. The fourth-order valence-electron chi connectivity index (χ4n) is 0.313. The molecule has 2 nitrogen and oxygen atoms in total. The summed E-state index contributed by atoms with van der Waals surface area (Å²) in [6, 6.07) is 5.72. The maximum atomic E-state index is 9.17. The SMILES string of the molecule is O=C(S)S.c1ccncc1. The summed E-state index contributed by atoms with van der Waals surface area (Å²) in [4.78, 5) is 13.0. The third kappa shape index (κ3) is 10.5. The highest BCUT2D eigenvalue weighted by Gasteiger charge is 1.65. The van der Waals surface area contributed by atoms with Gasteiger partial charge in [-0.15, -0.1) is 0 Å². The van der Waals surface area contributed by atoms with Crippen LogP contribution in [-0.2, 0) is 0 Å². The van der Waals surface area contributed by atoms with Gasteiger partial charge in [0, 0.05) is 12.4 Å². The van der Waals surface area contributed by atoms with Crippen LogP contribution in [0.25, 0.3) is 0 Å². The Labute approximate surface area is 70.5 Å². The summed E-state index contributed by atoms with van der Waals surface area (Å²) in [5.41, 5.74) is 0. The van der Waals surface area contributed by atoms with Crippen molar-refractivity contribution >= 4 is 29.7 Å². The van der Waals surface area contributed by atoms with Crippen molar-refractivity contribution in [3.63, 3.8) is 0 Å². The summed E-state index contributed by atoms with van der Waals surface area (Å²) >= 11 is 6.38. The third-order valence-corrected chi connectivity index (χ3v) is 0.566. The lowest BCUT2D eigenvalue weighted by Crippen LogP contribution is -1.58. The molecule has 10 heavy (non-hydrogen) atoms. The van der Waals surface area contributed by atoms with Crippen LogP contribution in [0.15, 0.2) is 30.6 Å². The largest absolute Gasteiger partial charge is 0.275 e. The number of hydrogen-bond donors (Lipinski definition) is 2. The van der Waals surface area contributed by atoms with E-state index < -0.39 is 4.45 Å². The summed E-state index contributed by atoms with van der Waals surface area (Å²) in [6.07, 6.45) is 3.50. The number of pyridine rings is 1. The fraction of sp³-hybridized carbons (Fsp3) is 0. The number of thiol groups is 2. The van der Waals surface area contributed by atoms with Gasteiger partial charge in [0.2, 0.25) is 4.45 Å². The van der Waals surface area contributed by atoms with Crippen molar-refractivity contribution in [1.29, 1.82) is 0 Å². The first-order chi connectivity index (χ1) is 4.73. The van der Waals surface area contributed by atoms with Crippen LogP contribution in [0.3, 0.4) is 0 Å². The molecule has 0 atom stereocenters. The smallest absolute Gasteiger partial charge is 0.239 e. The van der Waals surface area contributed by atoms with Crippen LogP contribution in [0.1, 0.15) is 0 Å². The molecule has 0 aliphatic carbocycles. The van der Waals surface area contributed by atoms with Crippen LogP contribution in [0.2, 0.25) is 0 Å². The van der Waals surface area contributed by atoms with Crippen LogP contribution in [-0.4, -0.2) is 9.43 Å². The lowest BCUT2D eigenvalue weighted by molar-refractivity contribution is 0.277. The second-order valence-corrected chi connectivity index (χ2v) is 2.47. The topological polar surface area (TPSA) is 30.0 Å². The third-order valence-electron chi connectivity index (χ3n) is 0.566. The minimum Gasteiger partial charge on any atom is -0.275 e. The number of rotatable bonds is 0. The molecule has 0 N–H and O–H groups in total. The van der Waals surface area contributed by atoms with Crippen molar-refractivity contribution in [2.75, 3.05) is 0 Å². The van der Waals surface area contributed by atoms with E-state index in [0.29, 0.717) is 0 Å². The molecule has 0 bridgehead atoms. The summed E-state index contributed by atoms with van der Waals surface area (Å²) < 4.78 is -0.444. The molecule has 0 aliphatic rings. The van der Waals surface area contributed by atoms with E-state index in [1.165, 1.54) is 0 Å². The van der Waals surface area contributed by atoms with E-state index >= 15 is 0 Å². The number of aromatic nitrogens is 1. The quantitative estimate of drug-likeness (QED) is 0.588. The predicted molar refractivity (Wildman–Crippen MR) is 47.6 cm³/mol. The van der Waals surface area contributed by atoms with Gasteiger partial charge in [0.25, 0.3) is 0 Å². The van der Waals surface area contributed by atoms with Gasteiger partial charge >= 0.3 is 0 Å². The Hall–Kier alpha value is -0.480. The molecule has 0 aromatic carbocycles. The minimum atomic E-state index is -0.444. The molecule has 0 aliphatic heterocycles. The van der Waals surface area contributed by atoms with E-state index in [4.69, 9.17) is 0 Å². The molecule has 0 saturated carbocycles. The molecule has 54 valence electrons. The fourth-order valence-corrected chi connectivity index (χ4v) is 0.313. The average molecular weight is 173 g/mol. The maximum absolute atomic E-state index is 9.17. The average Bonchev–Trinajstić information content (AvgIpc) is 1.90. The van der Waals surface area contributed by atoms with Crippen molar-refractivity contribution in [3.05, 3.63) is 30.6 Å². The van der Waals surface area contributed by atoms with E-state index in [1.54, 1.807) is 12.4 Å². The first-order valence-electron chi connectivity index (χ1n) is 2.50. The zero-order valence-electron chi connectivity index (χ0n) is 5.14. The molecule has 0 fully saturated rings. The lowest BCUT2D eigenvalue weighted by atomic mass is 10.5. The Morgan fingerprint density at radius 2 is 1.50 bits per heavy atom. The summed E-state index contributed by atoms with van der Waals surface area (Å²) in [5, 5.41) is 0. The Morgan fingerprint density at radius 3 is 1.60 bits per heavy atom.